The first-order chi connectivity index (χ1) is 15.6. The van der Waals surface area contributed by atoms with E-state index >= 15 is 0 Å². The Morgan fingerprint density at radius 1 is 1.25 bits per heavy atom. The second-order valence-corrected chi connectivity index (χ2v) is 9.62. The lowest BCUT2D eigenvalue weighted by atomic mass is 9.93. The normalized spacial score (nSPS) is 19.9. The number of nitrogens with zero attached hydrogens (tertiary/aromatic N) is 3. The van der Waals surface area contributed by atoms with Gasteiger partial charge in [0.1, 0.15) is 10.6 Å². The molecule has 3 aromatic rings. The van der Waals surface area contributed by atoms with Crippen LogP contribution in [0.2, 0.25) is 0 Å². The number of anilines is 3. The number of nitrogens with one attached hydrogen (secondary N) is 1. The van der Waals surface area contributed by atoms with Crippen molar-refractivity contribution in [3.05, 3.63) is 41.9 Å². The quantitative estimate of drug-likeness (QED) is 0.555. The summed E-state index contributed by atoms with van der Waals surface area (Å²) in [5.74, 6) is 0.172. The van der Waals surface area contributed by atoms with Gasteiger partial charge in [-0.15, -0.1) is 11.3 Å². The molecule has 168 valence electrons. The second kappa shape index (κ2) is 9.01. The summed E-state index contributed by atoms with van der Waals surface area (Å²) in [4.78, 5) is 24.4. The van der Waals surface area contributed by atoms with Crippen LogP contribution in [0.25, 0.3) is 10.2 Å². The first-order valence-electron chi connectivity index (χ1n) is 11.1. The van der Waals surface area contributed by atoms with E-state index in [0.29, 0.717) is 27.7 Å². The summed E-state index contributed by atoms with van der Waals surface area (Å²) in [6.07, 6.45) is 9.32. The van der Waals surface area contributed by atoms with E-state index in [1.54, 1.807) is 12.4 Å². The van der Waals surface area contributed by atoms with E-state index in [0.717, 1.165) is 62.4 Å². The van der Waals surface area contributed by atoms with Gasteiger partial charge in [-0.2, -0.15) is 0 Å². The van der Waals surface area contributed by atoms with Crippen molar-refractivity contribution < 1.29 is 9.53 Å². The van der Waals surface area contributed by atoms with E-state index < -0.39 is 0 Å². The van der Waals surface area contributed by atoms with Crippen molar-refractivity contribution in [3.8, 4) is 0 Å². The number of amides is 1. The average Bonchev–Trinajstić information content (AvgIpc) is 3.15. The minimum atomic E-state index is -0.268. The largest absolute Gasteiger partial charge is 0.390 e. The third-order valence-electron chi connectivity index (χ3n) is 6.34. The number of hydrogen-bond acceptors (Lipinski definition) is 8. The Hall–Kier alpha value is -2.75. The molecule has 1 amide bonds. The number of thiophene rings is 1. The fraction of sp³-hybridized carbons (Fsp3) is 0.435. The molecule has 0 unspecified atom stereocenters. The minimum Gasteiger partial charge on any atom is -0.390 e. The highest BCUT2D eigenvalue weighted by Crippen LogP contribution is 2.37. The number of fused-ring (bicyclic) bond motifs is 1. The van der Waals surface area contributed by atoms with E-state index in [-0.39, 0.29) is 11.9 Å². The predicted octanol–water partition coefficient (Wildman–Crippen LogP) is 3.35. The Bertz CT molecular complexity index is 1130. The van der Waals surface area contributed by atoms with Crippen molar-refractivity contribution in [3.63, 3.8) is 0 Å². The Morgan fingerprint density at radius 2 is 2.09 bits per heavy atom. The van der Waals surface area contributed by atoms with Gasteiger partial charge in [-0.1, -0.05) is 0 Å². The summed E-state index contributed by atoms with van der Waals surface area (Å²) >= 11 is 1.41. The van der Waals surface area contributed by atoms with Crippen molar-refractivity contribution in [2.75, 3.05) is 42.3 Å². The minimum absolute atomic E-state index is 0.131. The molecule has 8 nitrogen and oxygen atoms in total. The van der Waals surface area contributed by atoms with Crippen LogP contribution in [0.5, 0.6) is 0 Å². The van der Waals surface area contributed by atoms with E-state index in [2.05, 4.69) is 26.3 Å². The van der Waals surface area contributed by atoms with Gasteiger partial charge in [0.25, 0.3) is 5.91 Å². The van der Waals surface area contributed by atoms with Gasteiger partial charge in [-0.3, -0.25) is 14.8 Å². The number of rotatable bonds is 4. The molecule has 0 bridgehead atoms. The standard InChI is InChI=1S/C23H28N6O2S/c24-16-2-1-7-29(13-16)18-3-6-26-12-17(18)28-23(30)20-21-19(32-22(20)25)10-15(11-27-21)14-4-8-31-9-5-14/h3,6,10-12,14,16H,1-2,4-5,7-9,13,24-25H2,(H,28,30)/t16-/m1/s1. The van der Waals surface area contributed by atoms with Crippen molar-refractivity contribution in [1.82, 2.24) is 9.97 Å². The van der Waals surface area contributed by atoms with Crippen molar-refractivity contribution in [1.29, 1.82) is 0 Å². The lowest BCUT2D eigenvalue weighted by molar-refractivity contribution is 0.0853. The number of carbonyl (C=O) groups excluding carboxylic acids is 1. The van der Waals surface area contributed by atoms with Gasteiger partial charge in [0.2, 0.25) is 0 Å². The van der Waals surface area contributed by atoms with Crippen LogP contribution >= 0.6 is 11.3 Å². The topological polar surface area (TPSA) is 119 Å². The molecule has 32 heavy (non-hydrogen) atoms. The average molecular weight is 453 g/mol. The number of hydrogen-bond donors (Lipinski definition) is 3. The van der Waals surface area contributed by atoms with Crippen molar-refractivity contribution in [2.24, 2.45) is 5.73 Å². The lowest BCUT2D eigenvalue weighted by Gasteiger charge is -2.33. The molecule has 0 saturated carbocycles. The van der Waals surface area contributed by atoms with E-state index in [9.17, 15) is 4.79 Å². The molecule has 0 spiro atoms. The number of ether oxygens (including phenoxy) is 1. The molecular weight excluding hydrogens is 424 g/mol. The van der Waals surface area contributed by atoms with Crippen LogP contribution in [-0.2, 0) is 4.74 Å². The van der Waals surface area contributed by atoms with Gasteiger partial charge >= 0.3 is 0 Å². The Labute approximate surface area is 191 Å². The smallest absolute Gasteiger partial charge is 0.260 e. The molecule has 2 saturated heterocycles. The molecule has 0 aromatic carbocycles. The Balaban J connectivity index is 1.41. The number of aromatic nitrogens is 2. The third-order valence-corrected chi connectivity index (χ3v) is 7.30. The molecule has 5 N–H and O–H groups in total. The van der Waals surface area contributed by atoms with Crippen molar-refractivity contribution in [2.45, 2.75) is 37.6 Å². The number of pyridine rings is 2. The summed E-state index contributed by atoms with van der Waals surface area (Å²) in [6, 6.07) is 4.17. The van der Waals surface area contributed by atoms with Gasteiger partial charge in [0.05, 0.1) is 27.8 Å². The lowest BCUT2D eigenvalue weighted by Crippen LogP contribution is -2.43. The van der Waals surface area contributed by atoms with Gasteiger partial charge in [0, 0.05) is 44.7 Å². The maximum atomic E-state index is 13.3. The maximum absolute atomic E-state index is 13.3. The zero-order chi connectivity index (χ0) is 22.1. The molecule has 2 fully saturated rings. The second-order valence-electron chi connectivity index (χ2n) is 8.54. The number of nitrogens with two attached hydrogens (primary N) is 2. The fourth-order valence-electron chi connectivity index (χ4n) is 4.66. The molecule has 0 radical (unpaired) electrons. The number of carbonyl (C=O) groups is 1. The van der Waals surface area contributed by atoms with Gasteiger partial charge in [-0.25, -0.2) is 0 Å². The van der Waals surface area contributed by atoms with Crippen LogP contribution in [0, 0.1) is 0 Å². The molecule has 1 atom stereocenters. The van der Waals surface area contributed by atoms with Crippen LogP contribution in [0.1, 0.15) is 47.5 Å². The van der Waals surface area contributed by atoms with Crippen LogP contribution < -0.4 is 21.7 Å². The molecule has 3 aromatic heterocycles. The highest BCUT2D eigenvalue weighted by Gasteiger charge is 2.24. The Kier molecular flexibility index (Phi) is 5.95. The first kappa shape index (κ1) is 21.1. The van der Waals surface area contributed by atoms with Gasteiger partial charge in [-0.05, 0) is 49.3 Å². The highest BCUT2D eigenvalue weighted by molar-refractivity contribution is 7.23. The van der Waals surface area contributed by atoms with E-state index in [4.69, 9.17) is 16.2 Å². The van der Waals surface area contributed by atoms with Crippen molar-refractivity contribution >= 4 is 43.8 Å². The zero-order valence-electron chi connectivity index (χ0n) is 17.9. The van der Waals surface area contributed by atoms with Gasteiger partial charge in [0.15, 0.2) is 0 Å². The van der Waals surface area contributed by atoms with Crippen LogP contribution in [-0.4, -0.2) is 48.2 Å². The third kappa shape index (κ3) is 4.15. The van der Waals surface area contributed by atoms with E-state index in [1.165, 1.54) is 16.9 Å². The summed E-state index contributed by atoms with van der Waals surface area (Å²) in [5.41, 5.74) is 16.3. The summed E-state index contributed by atoms with van der Waals surface area (Å²) in [5, 5.41) is 3.49. The number of piperidine rings is 1. The molecule has 2 aliphatic heterocycles. The Morgan fingerprint density at radius 3 is 2.91 bits per heavy atom. The molecule has 9 heteroatoms. The van der Waals surface area contributed by atoms with E-state index in [1.807, 2.05) is 12.3 Å². The SMILES string of the molecule is Nc1sc2cc(C3CCOCC3)cnc2c1C(=O)Nc1cnccc1N1CCC[C@@H](N)C1. The molecule has 5 heterocycles. The number of nitrogen functional groups attached to an aromatic ring is 1. The fourth-order valence-corrected chi connectivity index (χ4v) is 5.63. The molecular formula is C23H28N6O2S. The maximum Gasteiger partial charge on any atom is 0.260 e. The van der Waals surface area contributed by atoms with Crippen LogP contribution in [0.4, 0.5) is 16.4 Å². The van der Waals surface area contributed by atoms with Crippen LogP contribution in [0.15, 0.2) is 30.7 Å². The first-order valence-corrected chi connectivity index (χ1v) is 11.9. The summed E-state index contributed by atoms with van der Waals surface area (Å²) in [6.45, 7) is 3.21. The molecule has 0 aliphatic carbocycles. The predicted molar refractivity (Wildman–Crippen MR) is 128 cm³/mol. The summed E-state index contributed by atoms with van der Waals surface area (Å²) < 4.78 is 6.41. The highest BCUT2D eigenvalue weighted by atomic mass is 32.1. The van der Waals surface area contributed by atoms with Gasteiger partial charge < -0.3 is 26.4 Å². The monoisotopic (exact) mass is 452 g/mol. The zero-order valence-corrected chi connectivity index (χ0v) is 18.7. The molecule has 2 aliphatic rings. The summed E-state index contributed by atoms with van der Waals surface area (Å²) in [7, 11) is 0. The van der Waals surface area contributed by atoms with Crippen LogP contribution in [0.3, 0.4) is 0 Å². The molecule has 5 rings (SSSR count).